The van der Waals surface area contributed by atoms with Gasteiger partial charge in [0.2, 0.25) is 21.8 Å². The van der Waals surface area contributed by atoms with Gasteiger partial charge in [0.1, 0.15) is 40.2 Å². The van der Waals surface area contributed by atoms with Crippen LogP contribution in [0.15, 0.2) is 30.4 Å². The Bertz CT molecular complexity index is 2260. The number of methoxy groups -OCH3 is 1. The van der Waals surface area contributed by atoms with Gasteiger partial charge in [-0.15, -0.1) is 0 Å². The van der Waals surface area contributed by atoms with E-state index in [9.17, 15) is 40.8 Å². The molecule has 4 amide bonds. The van der Waals surface area contributed by atoms with Crippen LogP contribution in [-0.2, 0) is 41.0 Å². The molecule has 5 aliphatic rings. The maximum absolute atomic E-state index is 17.5. The maximum atomic E-state index is 17.5. The summed E-state index contributed by atoms with van der Waals surface area (Å²) in [5, 5.41) is 5.33. The minimum Gasteiger partial charge on any atom is -0.497 e. The number of fused-ring (bicyclic) bond motifs is 5. The number of carbonyl (C=O) groups excluding carboxylic acids is 4. The van der Waals surface area contributed by atoms with Crippen LogP contribution in [0.1, 0.15) is 110 Å². The second-order valence-electron chi connectivity index (χ2n) is 18.3. The fraction of sp³-hybridized carbons (Fsp3) is 0.634. The predicted octanol–water partition coefficient (Wildman–Crippen LogP) is 5.86. The summed E-state index contributed by atoms with van der Waals surface area (Å²) in [7, 11) is -2.80. The van der Waals surface area contributed by atoms with Crippen molar-refractivity contribution in [3.63, 3.8) is 0 Å². The van der Waals surface area contributed by atoms with Crippen molar-refractivity contribution in [2.24, 2.45) is 5.92 Å². The van der Waals surface area contributed by atoms with Crippen LogP contribution in [0.25, 0.3) is 10.9 Å². The van der Waals surface area contributed by atoms with E-state index in [0.717, 1.165) is 11.8 Å². The maximum Gasteiger partial charge on any atom is 0.437 e. The molecule has 4 heterocycles. The fourth-order valence-corrected chi connectivity index (χ4v) is 10.1. The molecule has 328 valence electrons. The SMILES string of the molecule is COc1ccc2nc(C(F)(F)F)c3c(c2c1)[C@](C)(F)C[C@]1(C[C@H]2C(=O)N[C@]4(C(=O)NS(=O)(=O)C5(C)CC5)C[C@@H]4/C=C\CCCCC[C@H](NC(=O)OC(C)(C)C)C(=O)N2C1)O3. The summed E-state index contributed by atoms with van der Waals surface area (Å²) in [6.07, 6.45) is -0.591. The number of sulfonamides is 1. The highest BCUT2D eigenvalue weighted by Crippen LogP contribution is 2.56. The van der Waals surface area contributed by atoms with Gasteiger partial charge in [0, 0.05) is 29.7 Å². The van der Waals surface area contributed by atoms with Crippen molar-refractivity contribution in [2.75, 3.05) is 13.7 Å². The first-order valence-electron chi connectivity index (χ1n) is 20.2. The standard InChI is InChI=1S/C41H51F4N5O9S/c1-36(2,3)59-35(54)47-27-13-11-9-7-8-10-12-23-19-40(23,34(53)49-60(55,56)37(4)16-17-37)48-32(51)28-20-39(22-50(28)33(27)52)21-38(5,42)29-25-18-24(57-6)14-15-26(25)46-31(30(29)58-39)41(43,44)45/h10,12,14-15,18,23,27-28H,7-9,11,13,16-17,19-22H2,1-6H3,(H,47,54)(H,48,51)(H,49,53)/b12-10-/t23-,27-,28-,38+,39-,40+/m0/s1. The first kappa shape index (κ1) is 43.4. The highest BCUT2D eigenvalue weighted by molar-refractivity contribution is 7.91. The monoisotopic (exact) mass is 865 g/mol. The summed E-state index contributed by atoms with van der Waals surface area (Å²) in [4.78, 5) is 61.5. The van der Waals surface area contributed by atoms with Crippen LogP contribution in [0.4, 0.5) is 22.4 Å². The van der Waals surface area contributed by atoms with Crippen LogP contribution < -0.4 is 24.8 Å². The number of halogens is 4. The molecule has 1 spiro atoms. The Hall–Kier alpha value is -4.68. The molecule has 1 aromatic carbocycles. The van der Waals surface area contributed by atoms with E-state index in [0.29, 0.717) is 38.5 Å². The second kappa shape index (κ2) is 14.8. The number of hydrogen-bond acceptors (Lipinski definition) is 10. The van der Waals surface area contributed by atoms with Gasteiger partial charge in [0.15, 0.2) is 11.4 Å². The molecule has 19 heteroatoms. The highest BCUT2D eigenvalue weighted by Gasteiger charge is 2.65. The lowest BCUT2D eigenvalue weighted by Crippen LogP contribution is -2.58. The van der Waals surface area contributed by atoms with Crippen molar-refractivity contribution in [1.29, 1.82) is 0 Å². The zero-order chi connectivity index (χ0) is 43.8. The van der Waals surface area contributed by atoms with Crippen LogP contribution in [0.2, 0.25) is 0 Å². The number of nitrogens with zero attached hydrogens (tertiary/aromatic N) is 2. The van der Waals surface area contributed by atoms with Gasteiger partial charge in [0.05, 0.1) is 23.9 Å². The van der Waals surface area contributed by atoms with Gasteiger partial charge in [-0.25, -0.2) is 22.6 Å². The minimum atomic E-state index is -5.13. The Morgan fingerprint density at radius 2 is 1.78 bits per heavy atom. The molecule has 0 radical (unpaired) electrons. The van der Waals surface area contributed by atoms with Crippen molar-refractivity contribution >= 4 is 44.7 Å². The first-order valence-corrected chi connectivity index (χ1v) is 21.6. The topological polar surface area (TPSA) is 182 Å². The molecule has 1 saturated heterocycles. The zero-order valence-electron chi connectivity index (χ0n) is 34.4. The van der Waals surface area contributed by atoms with Crippen molar-refractivity contribution in [3.05, 3.63) is 41.6 Å². The minimum absolute atomic E-state index is 0.0104. The third kappa shape index (κ3) is 8.21. The van der Waals surface area contributed by atoms with Gasteiger partial charge >= 0.3 is 12.3 Å². The van der Waals surface area contributed by atoms with E-state index in [2.05, 4.69) is 20.3 Å². The third-order valence-electron chi connectivity index (χ3n) is 12.2. The molecule has 60 heavy (non-hydrogen) atoms. The largest absolute Gasteiger partial charge is 0.497 e. The molecule has 14 nitrogen and oxygen atoms in total. The molecule has 2 aliphatic carbocycles. The summed E-state index contributed by atoms with van der Waals surface area (Å²) in [6, 6.07) is 1.15. The van der Waals surface area contributed by atoms with Gasteiger partial charge < -0.3 is 29.7 Å². The summed E-state index contributed by atoms with van der Waals surface area (Å²) in [6.45, 7) is 6.89. The molecular weight excluding hydrogens is 815 g/mol. The van der Waals surface area contributed by atoms with E-state index in [-0.39, 0.29) is 29.5 Å². The number of alkyl halides is 4. The molecule has 3 fully saturated rings. The van der Waals surface area contributed by atoms with Crippen molar-refractivity contribution in [1.82, 2.24) is 25.2 Å². The average molecular weight is 866 g/mol. The van der Waals surface area contributed by atoms with Crippen molar-refractivity contribution in [2.45, 2.75) is 144 Å². The molecule has 0 bridgehead atoms. The number of allylic oxidation sites excluding steroid dienone is 1. The Labute approximate surface area is 345 Å². The number of alkyl carbamates (subject to hydrolysis) is 1. The Balaban J connectivity index is 1.31. The van der Waals surface area contributed by atoms with Crippen LogP contribution in [0.5, 0.6) is 11.5 Å². The number of rotatable bonds is 5. The zero-order valence-corrected chi connectivity index (χ0v) is 35.2. The van der Waals surface area contributed by atoms with E-state index >= 15 is 4.39 Å². The Morgan fingerprint density at radius 1 is 1.07 bits per heavy atom. The van der Waals surface area contributed by atoms with Crippen LogP contribution in [0, 0.1) is 5.92 Å². The highest BCUT2D eigenvalue weighted by atomic mass is 32.2. The molecule has 2 aromatic rings. The van der Waals surface area contributed by atoms with E-state index in [1.165, 1.54) is 32.2 Å². The smallest absolute Gasteiger partial charge is 0.437 e. The second-order valence-corrected chi connectivity index (χ2v) is 20.5. The molecule has 0 unspecified atom stereocenters. The summed E-state index contributed by atoms with van der Waals surface area (Å²) in [5.41, 5.74) is -9.33. The lowest BCUT2D eigenvalue weighted by molar-refractivity contribution is -0.145. The van der Waals surface area contributed by atoms with E-state index < -0.39 is 122 Å². The summed E-state index contributed by atoms with van der Waals surface area (Å²) >= 11 is 0. The van der Waals surface area contributed by atoms with Crippen LogP contribution in [0.3, 0.4) is 0 Å². The molecule has 3 aliphatic heterocycles. The number of ether oxygens (including phenoxy) is 3. The van der Waals surface area contributed by atoms with Crippen LogP contribution in [-0.4, -0.2) is 89.3 Å². The first-order chi connectivity index (χ1) is 27.8. The van der Waals surface area contributed by atoms with E-state index in [1.807, 2.05) is 6.08 Å². The number of aromatic nitrogens is 1. The number of hydrogen-bond donors (Lipinski definition) is 3. The van der Waals surface area contributed by atoms with Gasteiger partial charge in [-0.2, -0.15) is 13.2 Å². The van der Waals surface area contributed by atoms with E-state index in [4.69, 9.17) is 14.2 Å². The molecule has 3 N–H and O–H groups in total. The Kier molecular flexibility index (Phi) is 10.7. The lowest BCUT2D eigenvalue weighted by atomic mass is 9.78. The van der Waals surface area contributed by atoms with E-state index in [1.54, 1.807) is 26.8 Å². The number of nitrogens with one attached hydrogen (secondary N) is 3. The number of pyridine rings is 1. The molecule has 2 saturated carbocycles. The van der Waals surface area contributed by atoms with Gasteiger partial charge in [-0.05, 0) is 91.3 Å². The number of carbonyl (C=O) groups is 4. The van der Waals surface area contributed by atoms with Gasteiger partial charge in [-0.1, -0.05) is 25.0 Å². The molecule has 1 aromatic heterocycles. The quantitative estimate of drug-likeness (QED) is 0.244. The normalized spacial score (nSPS) is 31.0. The van der Waals surface area contributed by atoms with Gasteiger partial charge in [0.25, 0.3) is 5.91 Å². The van der Waals surface area contributed by atoms with Gasteiger partial charge in [-0.3, -0.25) is 19.1 Å². The molecule has 7 rings (SSSR count). The predicted molar refractivity (Wildman–Crippen MR) is 209 cm³/mol. The summed E-state index contributed by atoms with van der Waals surface area (Å²) < 4.78 is 107. The average Bonchev–Trinajstić information content (AvgIpc) is 4.02. The lowest BCUT2D eigenvalue weighted by Gasteiger charge is -2.42. The number of benzene rings is 1. The number of amides is 4. The van der Waals surface area contributed by atoms with Crippen molar-refractivity contribution < 1.29 is 59.4 Å². The third-order valence-corrected chi connectivity index (χ3v) is 14.4. The van der Waals surface area contributed by atoms with Crippen molar-refractivity contribution in [3.8, 4) is 11.5 Å². The molecular formula is C41H51F4N5O9S. The van der Waals surface area contributed by atoms with Crippen LogP contribution >= 0.6 is 0 Å². The molecule has 6 atom stereocenters. The fourth-order valence-electron chi connectivity index (χ4n) is 8.74. The summed E-state index contributed by atoms with van der Waals surface area (Å²) in [5.74, 6) is -4.04. The Morgan fingerprint density at radius 3 is 2.43 bits per heavy atom.